The summed E-state index contributed by atoms with van der Waals surface area (Å²) in [5, 5.41) is 0. The number of methoxy groups -OCH3 is 1. The van der Waals surface area contributed by atoms with Crippen LogP contribution in [0.3, 0.4) is 0 Å². The molecular formula is C8H17NO3S. The fourth-order valence-corrected chi connectivity index (χ4v) is 3.45. The molecule has 1 aliphatic rings. The maximum Gasteiger partial charge on any atom is 0.219 e. The lowest BCUT2D eigenvalue weighted by Gasteiger charge is -2.39. The van der Waals surface area contributed by atoms with E-state index < -0.39 is 14.8 Å². The average molecular weight is 207 g/mol. The lowest BCUT2D eigenvalue weighted by Crippen LogP contribution is -2.54. The zero-order valence-electron chi connectivity index (χ0n) is 8.17. The second kappa shape index (κ2) is 3.94. The van der Waals surface area contributed by atoms with Crippen molar-refractivity contribution in [3.05, 3.63) is 0 Å². The lowest BCUT2D eigenvalue weighted by molar-refractivity contribution is 0.126. The third kappa shape index (κ3) is 1.87. The van der Waals surface area contributed by atoms with Crippen molar-refractivity contribution < 1.29 is 13.2 Å². The minimum atomic E-state index is -3.17. The predicted molar refractivity (Wildman–Crippen MR) is 51.1 cm³/mol. The normalized spacial score (nSPS) is 21.1. The third-order valence-corrected chi connectivity index (χ3v) is 4.91. The van der Waals surface area contributed by atoms with Gasteiger partial charge in [0.05, 0.1) is 6.61 Å². The Morgan fingerprint density at radius 2 is 2.08 bits per heavy atom. The van der Waals surface area contributed by atoms with Gasteiger partial charge < -0.3 is 4.74 Å². The van der Waals surface area contributed by atoms with E-state index in [1.165, 1.54) is 0 Å². The smallest absolute Gasteiger partial charge is 0.219 e. The maximum atomic E-state index is 11.7. The van der Waals surface area contributed by atoms with Gasteiger partial charge in [0.2, 0.25) is 10.0 Å². The lowest BCUT2D eigenvalue weighted by atomic mass is 9.85. The van der Waals surface area contributed by atoms with E-state index >= 15 is 0 Å². The molecule has 1 fully saturated rings. The van der Waals surface area contributed by atoms with Crippen LogP contribution in [-0.4, -0.2) is 33.4 Å². The van der Waals surface area contributed by atoms with Crippen molar-refractivity contribution in [2.24, 2.45) is 0 Å². The summed E-state index contributed by atoms with van der Waals surface area (Å²) in [6.45, 7) is 2.55. The Bertz CT molecular complexity index is 257. The fraction of sp³-hybridized carbons (Fsp3) is 1.00. The maximum absolute atomic E-state index is 11.7. The van der Waals surface area contributed by atoms with Crippen molar-refractivity contribution in [2.45, 2.75) is 30.9 Å². The molecule has 0 aromatic rings. The van der Waals surface area contributed by atoms with Crippen molar-refractivity contribution in [1.82, 2.24) is 4.72 Å². The van der Waals surface area contributed by atoms with E-state index in [-0.39, 0.29) is 0 Å². The molecule has 0 spiro atoms. The zero-order valence-corrected chi connectivity index (χ0v) is 8.99. The Morgan fingerprint density at radius 1 is 1.46 bits per heavy atom. The topological polar surface area (TPSA) is 55.4 Å². The molecular weight excluding hydrogens is 190 g/mol. The van der Waals surface area contributed by atoms with Gasteiger partial charge in [-0.25, -0.2) is 13.1 Å². The summed E-state index contributed by atoms with van der Waals surface area (Å²) in [7, 11) is -1.63. The third-order valence-electron chi connectivity index (χ3n) is 2.58. The van der Waals surface area contributed by atoms with Gasteiger partial charge in [-0.2, -0.15) is 0 Å². The minimum absolute atomic E-state index is 0.308. The van der Waals surface area contributed by atoms with Gasteiger partial charge in [-0.15, -0.1) is 0 Å². The molecule has 0 amide bonds. The molecule has 78 valence electrons. The number of hydrogen-bond donors (Lipinski definition) is 1. The summed E-state index contributed by atoms with van der Waals surface area (Å²) >= 11 is 0. The molecule has 4 nitrogen and oxygen atoms in total. The SMILES string of the molecule is CCNS(=O)(=O)C1(COC)CCC1. The summed E-state index contributed by atoms with van der Waals surface area (Å²) in [5.41, 5.74) is 0. The summed E-state index contributed by atoms with van der Waals surface area (Å²) in [6, 6.07) is 0. The van der Waals surface area contributed by atoms with E-state index in [0.29, 0.717) is 13.2 Å². The van der Waals surface area contributed by atoms with E-state index in [1.54, 1.807) is 14.0 Å². The second-order valence-corrected chi connectivity index (χ2v) is 5.63. The molecule has 0 heterocycles. The average Bonchev–Trinajstić information content (AvgIpc) is 1.96. The number of sulfonamides is 1. The molecule has 5 heteroatoms. The number of hydrogen-bond acceptors (Lipinski definition) is 3. The van der Waals surface area contributed by atoms with Crippen molar-refractivity contribution >= 4 is 10.0 Å². The summed E-state index contributed by atoms with van der Waals surface area (Å²) in [4.78, 5) is 0. The first kappa shape index (κ1) is 10.9. The quantitative estimate of drug-likeness (QED) is 0.714. The minimum Gasteiger partial charge on any atom is -0.383 e. The zero-order chi connectivity index (χ0) is 9.95. The van der Waals surface area contributed by atoms with E-state index in [1.807, 2.05) is 0 Å². The Morgan fingerprint density at radius 3 is 2.38 bits per heavy atom. The van der Waals surface area contributed by atoms with Crippen LogP contribution >= 0.6 is 0 Å². The van der Waals surface area contributed by atoms with Crippen molar-refractivity contribution in [3.63, 3.8) is 0 Å². The van der Waals surface area contributed by atoms with Crippen LogP contribution in [0.15, 0.2) is 0 Å². The molecule has 0 bridgehead atoms. The van der Waals surface area contributed by atoms with E-state index in [9.17, 15) is 8.42 Å². The van der Waals surface area contributed by atoms with Crippen molar-refractivity contribution in [2.75, 3.05) is 20.3 Å². The van der Waals surface area contributed by atoms with Crippen LogP contribution in [-0.2, 0) is 14.8 Å². The van der Waals surface area contributed by atoms with Gasteiger partial charge in [0.1, 0.15) is 4.75 Å². The molecule has 0 radical (unpaired) electrons. The van der Waals surface area contributed by atoms with Gasteiger partial charge >= 0.3 is 0 Å². The largest absolute Gasteiger partial charge is 0.383 e. The van der Waals surface area contributed by atoms with Gasteiger partial charge in [0, 0.05) is 13.7 Å². The van der Waals surface area contributed by atoms with Crippen LogP contribution in [0.5, 0.6) is 0 Å². The Kier molecular flexibility index (Phi) is 3.32. The van der Waals surface area contributed by atoms with Crippen LogP contribution < -0.4 is 4.72 Å². The molecule has 1 rings (SSSR count). The van der Waals surface area contributed by atoms with Crippen LogP contribution in [0.25, 0.3) is 0 Å². The molecule has 1 saturated carbocycles. The fourth-order valence-electron chi connectivity index (χ4n) is 1.67. The Labute approximate surface area is 79.7 Å². The van der Waals surface area contributed by atoms with Crippen LogP contribution in [0.1, 0.15) is 26.2 Å². The highest BCUT2D eigenvalue weighted by Crippen LogP contribution is 2.38. The highest BCUT2D eigenvalue weighted by atomic mass is 32.2. The molecule has 0 atom stereocenters. The highest BCUT2D eigenvalue weighted by molar-refractivity contribution is 7.91. The highest BCUT2D eigenvalue weighted by Gasteiger charge is 2.48. The summed E-state index contributed by atoms with van der Waals surface area (Å²) in [6.07, 6.45) is 2.42. The van der Waals surface area contributed by atoms with E-state index in [2.05, 4.69) is 4.72 Å². The first-order valence-corrected chi connectivity index (χ1v) is 6.04. The summed E-state index contributed by atoms with van der Waals surface area (Å²) in [5.74, 6) is 0. The van der Waals surface area contributed by atoms with Crippen LogP contribution in [0.2, 0.25) is 0 Å². The second-order valence-electron chi connectivity index (χ2n) is 3.47. The number of nitrogens with one attached hydrogen (secondary N) is 1. The summed E-state index contributed by atoms with van der Waals surface area (Å²) < 4.78 is 30.3. The predicted octanol–water partition coefficient (Wildman–Crippen LogP) is 0.495. The standard InChI is InChI=1S/C8H17NO3S/c1-3-9-13(10,11)8(7-12-2)5-4-6-8/h9H,3-7H2,1-2H3. The van der Waals surface area contributed by atoms with Gasteiger partial charge in [-0.3, -0.25) is 0 Å². The first-order valence-electron chi connectivity index (χ1n) is 4.56. The van der Waals surface area contributed by atoms with Gasteiger partial charge in [-0.05, 0) is 12.8 Å². The molecule has 1 aliphatic carbocycles. The molecule has 0 saturated heterocycles. The Hall–Kier alpha value is -0.130. The van der Waals surface area contributed by atoms with Crippen LogP contribution in [0.4, 0.5) is 0 Å². The van der Waals surface area contributed by atoms with E-state index in [0.717, 1.165) is 19.3 Å². The number of ether oxygens (including phenoxy) is 1. The Balaban J connectivity index is 2.75. The van der Waals surface area contributed by atoms with E-state index in [4.69, 9.17) is 4.74 Å². The molecule has 0 aromatic carbocycles. The monoisotopic (exact) mass is 207 g/mol. The van der Waals surface area contributed by atoms with Crippen molar-refractivity contribution in [3.8, 4) is 0 Å². The number of rotatable bonds is 5. The van der Waals surface area contributed by atoms with Gasteiger partial charge in [-0.1, -0.05) is 13.3 Å². The van der Waals surface area contributed by atoms with Crippen molar-refractivity contribution in [1.29, 1.82) is 0 Å². The molecule has 1 N–H and O–H groups in total. The molecule has 0 unspecified atom stereocenters. The molecule has 13 heavy (non-hydrogen) atoms. The molecule has 0 aromatic heterocycles. The van der Waals surface area contributed by atoms with Gasteiger partial charge in [0.15, 0.2) is 0 Å². The first-order chi connectivity index (χ1) is 6.08. The van der Waals surface area contributed by atoms with Crippen LogP contribution in [0, 0.1) is 0 Å². The molecule has 0 aliphatic heterocycles. The van der Waals surface area contributed by atoms with Gasteiger partial charge in [0.25, 0.3) is 0 Å².